The number of amides is 1. The monoisotopic (exact) mass is 288 g/mol. The van der Waals surface area contributed by atoms with E-state index in [0.717, 1.165) is 12.5 Å². The van der Waals surface area contributed by atoms with E-state index < -0.39 is 5.60 Å². The minimum absolute atomic E-state index is 0.0101. The molecule has 0 radical (unpaired) electrons. The standard InChI is InChI=1S/C14H28N2O4/c1-11(15-13(17)20-14(2,3)4)8-16(10-19-18-5)9-12-6-7-12/h11-12H,6-10H2,1-5H3,(H,15,17)/t11-/m0/s1. The molecule has 1 N–H and O–H groups in total. The van der Waals surface area contributed by atoms with Crippen molar-refractivity contribution in [1.29, 1.82) is 0 Å². The first kappa shape index (κ1) is 17.2. The molecule has 1 rings (SSSR count). The van der Waals surface area contributed by atoms with Gasteiger partial charge in [-0.15, -0.1) is 0 Å². The van der Waals surface area contributed by atoms with Gasteiger partial charge in [-0.25, -0.2) is 14.6 Å². The fourth-order valence-corrected chi connectivity index (χ4v) is 1.91. The van der Waals surface area contributed by atoms with Crippen molar-refractivity contribution < 1.29 is 19.3 Å². The molecule has 6 nitrogen and oxygen atoms in total. The summed E-state index contributed by atoms with van der Waals surface area (Å²) in [4.78, 5) is 23.5. The molecule has 0 aromatic heterocycles. The molecule has 20 heavy (non-hydrogen) atoms. The molecule has 0 bridgehead atoms. The van der Waals surface area contributed by atoms with Gasteiger partial charge in [0.2, 0.25) is 0 Å². The first-order chi connectivity index (χ1) is 9.30. The summed E-state index contributed by atoms with van der Waals surface area (Å²) in [6, 6.07) is -0.0101. The predicted octanol–water partition coefficient (Wildman–Crippen LogP) is 2.15. The topological polar surface area (TPSA) is 60.0 Å². The van der Waals surface area contributed by atoms with E-state index in [0.29, 0.717) is 13.3 Å². The van der Waals surface area contributed by atoms with Gasteiger partial charge in [-0.05, 0) is 46.5 Å². The van der Waals surface area contributed by atoms with Crippen molar-refractivity contribution in [3.63, 3.8) is 0 Å². The lowest BCUT2D eigenvalue weighted by Gasteiger charge is -2.26. The van der Waals surface area contributed by atoms with Crippen LogP contribution < -0.4 is 5.32 Å². The van der Waals surface area contributed by atoms with E-state index >= 15 is 0 Å². The number of nitrogens with one attached hydrogen (secondary N) is 1. The SMILES string of the molecule is COOCN(CC1CC1)C[C@H](C)NC(=O)OC(C)(C)C. The highest BCUT2D eigenvalue weighted by Gasteiger charge is 2.26. The van der Waals surface area contributed by atoms with Gasteiger partial charge in [-0.1, -0.05) is 0 Å². The van der Waals surface area contributed by atoms with E-state index in [4.69, 9.17) is 9.62 Å². The van der Waals surface area contributed by atoms with Gasteiger partial charge in [-0.2, -0.15) is 0 Å². The largest absolute Gasteiger partial charge is 0.444 e. The third-order valence-electron chi connectivity index (χ3n) is 2.86. The minimum atomic E-state index is -0.476. The molecule has 1 saturated carbocycles. The zero-order chi connectivity index (χ0) is 15.2. The van der Waals surface area contributed by atoms with Crippen molar-refractivity contribution >= 4 is 6.09 Å². The highest BCUT2D eigenvalue weighted by Crippen LogP contribution is 2.29. The highest BCUT2D eigenvalue weighted by atomic mass is 17.2. The summed E-state index contributed by atoms with van der Waals surface area (Å²) in [5.41, 5.74) is -0.476. The summed E-state index contributed by atoms with van der Waals surface area (Å²) < 4.78 is 5.24. The lowest BCUT2D eigenvalue weighted by Crippen LogP contribution is -2.45. The Bertz CT molecular complexity index is 300. The molecule has 0 spiro atoms. The summed E-state index contributed by atoms with van der Waals surface area (Å²) in [6.45, 7) is 9.60. The van der Waals surface area contributed by atoms with Crippen LogP contribution in [0.5, 0.6) is 0 Å². The van der Waals surface area contributed by atoms with Crippen molar-refractivity contribution in [1.82, 2.24) is 10.2 Å². The predicted molar refractivity (Wildman–Crippen MR) is 76.1 cm³/mol. The number of ether oxygens (including phenoxy) is 1. The first-order valence-electron chi connectivity index (χ1n) is 7.17. The molecule has 6 heteroatoms. The Hall–Kier alpha value is -0.850. The molecule has 0 aromatic rings. The van der Waals surface area contributed by atoms with Crippen molar-refractivity contribution in [2.75, 3.05) is 26.9 Å². The first-order valence-corrected chi connectivity index (χ1v) is 7.17. The number of alkyl carbamates (subject to hydrolysis) is 1. The van der Waals surface area contributed by atoms with E-state index in [9.17, 15) is 4.79 Å². The Morgan fingerprint density at radius 2 is 2.05 bits per heavy atom. The van der Waals surface area contributed by atoms with E-state index in [2.05, 4.69) is 15.1 Å². The van der Waals surface area contributed by atoms with Gasteiger partial charge in [0, 0.05) is 19.1 Å². The maximum Gasteiger partial charge on any atom is 0.407 e. The van der Waals surface area contributed by atoms with E-state index in [1.54, 1.807) is 0 Å². The van der Waals surface area contributed by atoms with Crippen molar-refractivity contribution in [2.24, 2.45) is 5.92 Å². The van der Waals surface area contributed by atoms with Crippen LogP contribution in [0, 0.1) is 5.92 Å². The summed E-state index contributed by atoms with van der Waals surface area (Å²) >= 11 is 0. The Labute approximate surface area is 121 Å². The lowest BCUT2D eigenvalue weighted by molar-refractivity contribution is -0.296. The van der Waals surface area contributed by atoms with Gasteiger partial charge < -0.3 is 10.1 Å². The van der Waals surface area contributed by atoms with Gasteiger partial charge in [0.25, 0.3) is 0 Å². The molecule has 0 heterocycles. The third-order valence-corrected chi connectivity index (χ3v) is 2.86. The average Bonchev–Trinajstić information content (AvgIpc) is 3.06. The Morgan fingerprint density at radius 3 is 2.55 bits per heavy atom. The van der Waals surface area contributed by atoms with Crippen LogP contribution in [0.2, 0.25) is 0 Å². The van der Waals surface area contributed by atoms with Crippen molar-refractivity contribution in [3.8, 4) is 0 Å². The Morgan fingerprint density at radius 1 is 1.40 bits per heavy atom. The average molecular weight is 288 g/mol. The van der Waals surface area contributed by atoms with Crippen LogP contribution >= 0.6 is 0 Å². The maximum atomic E-state index is 11.7. The van der Waals surface area contributed by atoms with Crippen LogP contribution in [0.3, 0.4) is 0 Å². The molecule has 118 valence electrons. The van der Waals surface area contributed by atoms with E-state index in [1.807, 2.05) is 27.7 Å². The van der Waals surface area contributed by atoms with E-state index in [1.165, 1.54) is 20.0 Å². The summed E-state index contributed by atoms with van der Waals surface area (Å²) in [6.07, 6.45) is 2.17. The molecular weight excluding hydrogens is 260 g/mol. The number of hydrogen-bond donors (Lipinski definition) is 1. The van der Waals surface area contributed by atoms with Gasteiger partial charge in [0.15, 0.2) is 0 Å². The molecule has 1 amide bonds. The molecule has 0 unspecified atom stereocenters. The third kappa shape index (κ3) is 8.35. The van der Waals surface area contributed by atoms with Crippen molar-refractivity contribution in [2.45, 2.75) is 52.2 Å². The second-order valence-electron chi connectivity index (χ2n) is 6.44. The second-order valence-corrected chi connectivity index (χ2v) is 6.44. The summed E-state index contributed by atoms with van der Waals surface area (Å²) in [5.74, 6) is 0.754. The van der Waals surface area contributed by atoms with Crippen LogP contribution in [-0.2, 0) is 14.5 Å². The van der Waals surface area contributed by atoms with Crippen LogP contribution in [0.4, 0.5) is 4.79 Å². The smallest absolute Gasteiger partial charge is 0.407 e. The molecule has 1 aliphatic rings. The lowest BCUT2D eigenvalue weighted by atomic mass is 10.2. The van der Waals surface area contributed by atoms with Crippen LogP contribution in [0.1, 0.15) is 40.5 Å². The fraction of sp³-hybridized carbons (Fsp3) is 0.929. The molecule has 0 aromatic carbocycles. The number of carbonyl (C=O) groups excluding carboxylic acids is 1. The minimum Gasteiger partial charge on any atom is -0.444 e. The molecule has 1 fully saturated rings. The quantitative estimate of drug-likeness (QED) is 0.421. The molecule has 0 aliphatic heterocycles. The zero-order valence-corrected chi connectivity index (χ0v) is 13.3. The molecule has 1 atom stereocenters. The summed E-state index contributed by atoms with van der Waals surface area (Å²) in [5, 5.41) is 2.84. The van der Waals surface area contributed by atoms with E-state index in [-0.39, 0.29) is 12.1 Å². The van der Waals surface area contributed by atoms with Gasteiger partial charge in [0.1, 0.15) is 12.3 Å². The second kappa shape index (κ2) is 7.81. The number of rotatable bonds is 8. The summed E-state index contributed by atoms with van der Waals surface area (Å²) in [7, 11) is 1.50. The molecule has 1 aliphatic carbocycles. The number of nitrogens with zero attached hydrogens (tertiary/aromatic N) is 1. The van der Waals surface area contributed by atoms with Crippen molar-refractivity contribution in [3.05, 3.63) is 0 Å². The molecular formula is C14H28N2O4. The molecule has 0 saturated heterocycles. The Kier molecular flexibility index (Phi) is 6.71. The van der Waals surface area contributed by atoms with Crippen LogP contribution in [0.15, 0.2) is 0 Å². The fourth-order valence-electron chi connectivity index (χ4n) is 1.91. The highest BCUT2D eigenvalue weighted by molar-refractivity contribution is 5.68. The zero-order valence-electron chi connectivity index (χ0n) is 13.3. The maximum absolute atomic E-state index is 11.7. The number of carbonyl (C=O) groups is 1. The number of hydrogen-bond acceptors (Lipinski definition) is 5. The van der Waals surface area contributed by atoms with Gasteiger partial charge >= 0.3 is 6.09 Å². The Balaban J connectivity index is 2.31. The normalized spacial score (nSPS) is 17.1. The van der Waals surface area contributed by atoms with Gasteiger partial charge in [-0.3, -0.25) is 4.90 Å². The van der Waals surface area contributed by atoms with Gasteiger partial charge in [0.05, 0.1) is 7.11 Å². The van der Waals surface area contributed by atoms with Crippen LogP contribution in [0.25, 0.3) is 0 Å². The van der Waals surface area contributed by atoms with Crippen LogP contribution in [-0.4, -0.2) is 49.6 Å².